The molecule has 1 rings (SSSR count). The number of carbonyl (C=O) groups is 1. The molecule has 1 amide bonds. The van der Waals surface area contributed by atoms with E-state index in [0.717, 1.165) is 25.9 Å². The normalized spacial score (nSPS) is 17.4. The zero-order valence-electron chi connectivity index (χ0n) is 10.8. The lowest BCUT2D eigenvalue weighted by atomic mass is 10.1. The van der Waals surface area contributed by atoms with Gasteiger partial charge >= 0.3 is 0 Å². The lowest BCUT2D eigenvalue weighted by Gasteiger charge is -2.28. The van der Waals surface area contributed by atoms with Gasteiger partial charge in [0.2, 0.25) is 5.91 Å². The minimum atomic E-state index is -0.0346. The lowest BCUT2D eigenvalue weighted by molar-refractivity contribution is -0.141. The van der Waals surface area contributed by atoms with E-state index < -0.39 is 0 Å². The Labute approximate surface area is 103 Å². The SMILES string of the molecule is CC(C)N(CCO)C(=O)COC1CCNCC1. The largest absolute Gasteiger partial charge is 0.395 e. The van der Waals surface area contributed by atoms with Gasteiger partial charge in [-0.25, -0.2) is 0 Å². The molecule has 1 aliphatic heterocycles. The van der Waals surface area contributed by atoms with E-state index in [4.69, 9.17) is 9.84 Å². The molecule has 1 saturated heterocycles. The van der Waals surface area contributed by atoms with Crippen LogP contribution in [0, 0.1) is 0 Å². The van der Waals surface area contributed by atoms with Gasteiger partial charge in [-0.3, -0.25) is 4.79 Å². The number of piperidine rings is 1. The third-order valence-electron chi connectivity index (χ3n) is 3.01. The summed E-state index contributed by atoms with van der Waals surface area (Å²) in [7, 11) is 0. The average Bonchev–Trinajstić information content (AvgIpc) is 2.34. The molecule has 0 unspecified atom stereocenters. The highest BCUT2D eigenvalue weighted by Crippen LogP contribution is 2.08. The van der Waals surface area contributed by atoms with Crippen LogP contribution in [-0.4, -0.2) is 60.9 Å². The lowest BCUT2D eigenvalue weighted by Crippen LogP contribution is -2.42. The number of nitrogens with zero attached hydrogens (tertiary/aromatic N) is 1. The minimum Gasteiger partial charge on any atom is -0.395 e. The highest BCUT2D eigenvalue weighted by molar-refractivity contribution is 5.77. The number of rotatable bonds is 6. The van der Waals surface area contributed by atoms with E-state index in [0.29, 0.717) is 6.54 Å². The van der Waals surface area contributed by atoms with Gasteiger partial charge in [0, 0.05) is 12.6 Å². The average molecular weight is 244 g/mol. The summed E-state index contributed by atoms with van der Waals surface area (Å²) in [6.07, 6.45) is 2.13. The van der Waals surface area contributed by atoms with Crippen molar-refractivity contribution in [1.29, 1.82) is 0 Å². The minimum absolute atomic E-state index is 0.00271. The van der Waals surface area contributed by atoms with Gasteiger partial charge in [-0.2, -0.15) is 0 Å². The zero-order valence-corrected chi connectivity index (χ0v) is 10.8. The summed E-state index contributed by atoms with van der Waals surface area (Å²) in [6, 6.07) is 0.103. The number of aliphatic hydroxyl groups is 1. The molecule has 5 nitrogen and oxygen atoms in total. The summed E-state index contributed by atoms with van der Waals surface area (Å²) < 4.78 is 5.61. The van der Waals surface area contributed by atoms with Crippen LogP contribution in [0.15, 0.2) is 0 Å². The molecule has 0 bridgehead atoms. The Balaban J connectivity index is 2.30. The number of carbonyl (C=O) groups excluding carboxylic acids is 1. The number of aliphatic hydroxyl groups excluding tert-OH is 1. The molecule has 0 atom stereocenters. The molecular weight excluding hydrogens is 220 g/mol. The third-order valence-corrected chi connectivity index (χ3v) is 3.01. The second-order valence-electron chi connectivity index (χ2n) is 4.66. The van der Waals surface area contributed by atoms with Crippen molar-refractivity contribution < 1.29 is 14.6 Å². The maximum Gasteiger partial charge on any atom is 0.248 e. The van der Waals surface area contributed by atoms with Crippen molar-refractivity contribution in [2.45, 2.75) is 38.8 Å². The van der Waals surface area contributed by atoms with Crippen LogP contribution in [0.1, 0.15) is 26.7 Å². The van der Waals surface area contributed by atoms with Crippen LogP contribution in [0.3, 0.4) is 0 Å². The highest BCUT2D eigenvalue weighted by Gasteiger charge is 2.19. The van der Waals surface area contributed by atoms with Crippen molar-refractivity contribution in [3.63, 3.8) is 0 Å². The third kappa shape index (κ3) is 5.02. The Bertz CT molecular complexity index is 228. The summed E-state index contributed by atoms with van der Waals surface area (Å²) in [4.78, 5) is 13.5. The number of hydrogen-bond acceptors (Lipinski definition) is 4. The topological polar surface area (TPSA) is 61.8 Å². The number of amides is 1. The molecule has 1 aliphatic rings. The second-order valence-corrected chi connectivity index (χ2v) is 4.66. The molecule has 5 heteroatoms. The van der Waals surface area contributed by atoms with E-state index in [1.807, 2.05) is 13.8 Å². The molecule has 0 radical (unpaired) electrons. The molecule has 1 heterocycles. The summed E-state index contributed by atoms with van der Waals surface area (Å²) in [5.41, 5.74) is 0. The Kier molecular flexibility index (Phi) is 6.47. The van der Waals surface area contributed by atoms with Gasteiger partial charge in [-0.15, -0.1) is 0 Å². The summed E-state index contributed by atoms with van der Waals surface area (Å²) in [5, 5.41) is 12.2. The molecule has 0 spiro atoms. The van der Waals surface area contributed by atoms with Crippen molar-refractivity contribution in [2.75, 3.05) is 32.8 Å². The van der Waals surface area contributed by atoms with E-state index in [-0.39, 0.29) is 31.3 Å². The first-order valence-corrected chi connectivity index (χ1v) is 6.37. The first-order chi connectivity index (χ1) is 8.15. The van der Waals surface area contributed by atoms with Gasteiger partial charge in [0.25, 0.3) is 0 Å². The predicted octanol–water partition coefficient (Wildman–Crippen LogP) is -0.0157. The van der Waals surface area contributed by atoms with Gasteiger partial charge in [0.15, 0.2) is 0 Å². The standard InChI is InChI=1S/C12H24N2O3/c1-10(2)14(7-8-15)12(16)9-17-11-3-5-13-6-4-11/h10-11,13,15H,3-9H2,1-2H3. The van der Waals surface area contributed by atoms with Crippen molar-refractivity contribution in [2.24, 2.45) is 0 Å². The van der Waals surface area contributed by atoms with Crippen LogP contribution in [-0.2, 0) is 9.53 Å². The van der Waals surface area contributed by atoms with E-state index >= 15 is 0 Å². The number of hydrogen-bond donors (Lipinski definition) is 2. The number of ether oxygens (including phenoxy) is 1. The van der Waals surface area contributed by atoms with E-state index in [2.05, 4.69) is 5.32 Å². The van der Waals surface area contributed by atoms with E-state index in [9.17, 15) is 4.79 Å². The van der Waals surface area contributed by atoms with Crippen molar-refractivity contribution in [3.8, 4) is 0 Å². The predicted molar refractivity (Wildman–Crippen MR) is 65.8 cm³/mol. The van der Waals surface area contributed by atoms with Gasteiger partial charge in [0.05, 0.1) is 12.7 Å². The van der Waals surface area contributed by atoms with Crippen LogP contribution in [0.25, 0.3) is 0 Å². The maximum atomic E-state index is 11.9. The second kappa shape index (κ2) is 7.63. The zero-order chi connectivity index (χ0) is 12.7. The van der Waals surface area contributed by atoms with Crippen LogP contribution < -0.4 is 5.32 Å². The van der Waals surface area contributed by atoms with Gasteiger partial charge in [-0.1, -0.05) is 0 Å². The molecule has 1 fully saturated rings. The molecule has 0 aliphatic carbocycles. The van der Waals surface area contributed by atoms with E-state index in [1.165, 1.54) is 0 Å². The van der Waals surface area contributed by atoms with Crippen LogP contribution in [0.2, 0.25) is 0 Å². The Morgan fingerprint density at radius 3 is 2.65 bits per heavy atom. The molecule has 100 valence electrons. The van der Waals surface area contributed by atoms with Crippen LogP contribution >= 0.6 is 0 Å². The summed E-state index contributed by atoms with van der Waals surface area (Å²) in [6.45, 7) is 6.31. The molecule has 0 aromatic heterocycles. The van der Waals surface area contributed by atoms with Crippen molar-refractivity contribution >= 4 is 5.91 Å². The molecule has 0 saturated carbocycles. The first-order valence-electron chi connectivity index (χ1n) is 6.37. The van der Waals surface area contributed by atoms with Crippen LogP contribution in [0.4, 0.5) is 0 Å². The Morgan fingerprint density at radius 1 is 1.47 bits per heavy atom. The quantitative estimate of drug-likeness (QED) is 0.689. The van der Waals surface area contributed by atoms with Gasteiger partial charge in [0.1, 0.15) is 6.61 Å². The van der Waals surface area contributed by atoms with Crippen molar-refractivity contribution in [1.82, 2.24) is 10.2 Å². The number of nitrogens with one attached hydrogen (secondary N) is 1. The first kappa shape index (κ1) is 14.4. The fraction of sp³-hybridized carbons (Fsp3) is 0.917. The van der Waals surface area contributed by atoms with Crippen LogP contribution in [0.5, 0.6) is 0 Å². The summed E-state index contributed by atoms with van der Waals surface area (Å²) >= 11 is 0. The summed E-state index contributed by atoms with van der Waals surface area (Å²) in [5.74, 6) is -0.0346. The fourth-order valence-electron chi connectivity index (χ4n) is 2.01. The monoisotopic (exact) mass is 244 g/mol. The Morgan fingerprint density at radius 2 is 2.12 bits per heavy atom. The highest BCUT2D eigenvalue weighted by atomic mass is 16.5. The molecular formula is C12H24N2O3. The Hall–Kier alpha value is -0.650. The van der Waals surface area contributed by atoms with E-state index in [1.54, 1.807) is 4.90 Å². The molecule has 0 aromatic carbocycles. The fourth-order valence-corrected chi connectivity index (χ4v) is 2.01. The molecule has 17 heavy (non-hydrogen) atoms. The van der Waals surface area contributed by atoms with Gasteiger partial charge in [-0.05, 0) is 39.8 Å². The van der Waals surface area contributed by atoms with Gasteiger partial charge < -0.3 is 20.1 Å². The molecule has 2 N–H and O–H groups in total. The molecule has 0 aromatic rings. The smallest absolute Gasteiger partial charge is 0.248 e. The van der Waals surface area contributed by atoms with Crippen molar-refractivity contribution in [3.05, 3.63) is 0 Å². The maximum absolute atomic E-state index is 11.9.